The van der Waals surface area contributed by atoms with E-state index >= 15 is 0 Å². The molecule has 0 bridgehead atoms. The number of nitriles is 1. The molecule has 3 rings (SSSR count). The van der Waals surface area contributed by atoms with E-state index in [1.807, 2.05) is 18.2 Å². The summed E-state index contributed by atoms with van der Waals surface area (Å²) < 4.78 is 5.69. The van der Waals surface area contributed by atoms with Gasteiger partial charge in [0.25, 0.3) is 5.91 Å². The van der Waals surface area contributed by atoms with E-state index in [1.54, 1.807) is 30.3 Å². The van der Waals surface area contributed by atoms with Crippen molar-refractivity contribution >= 4 is 52.5 Å². The topological polar surface area (TPSA) is 66.0 Å². The first-order valence-corrected chi connectivity index (χ1v) is 8.83. The Kier molecular flexibility index (Phi) is 5.88. The van der Waals surface area contributed by atoms with Crippen LogP contribution >= 0.6 is 34.8 Å². The van der Waals surface area contributed by atoms with Gasteiger partial charge in [0.1, 0.15) is 23.2 Å². The summed E-state index contributed by atoms with van der Waals surface area (Å²) in [5.74, 6) is 0.369. The van der Waals surface area contributed by atoms with Crippen LogP contribution in [0.25, 0.3) is 17.4 Å². The number of carbonyl (C=O) groups excluding carboxylic acids is 1. The number of carbonyl (C=O) groups is 1. The fraction of sp³-hybridized carbons (Fsp3) is 0. The summed E-state index contributed by atoms with van der Waals surface area (Å²) in [6.45, 7) is 0. The fourth-order valence-electron chi connectivity index (χ4n) is 2.31. The highest BCUT2D eigenvalue weighted by molar-refractivity contribution is 6.35. The van der Waals surface area contributed by atoms with Crippen LogP contribution in [0.1, 0.15) is 5.76 Å². The van der Waals surface area contributed by atoms with Crippen molar-refractivity contribution in [3.05, 3.63) is 81.0 Å². The number of furan rings is 1. The molecule has 7 heteroatoms. The molecule has 0 aliphatic heterocycles. The van der Waals surface area contributed by atoms with Crippen LogP contribution in [-0.4, -0.2) is 5.91 Å². The zero-order chi connectivity index (χ0) is 19.4. The van der Waals surface area contributed by atoms with Crippen LogP contribution < -0.4 is 5.32 Å². The second kappa shape index (κ2) is 8.32. The molecule has 2 aromatic carbocycles. The van der Waals surface area contributed by atoms with E-state index < -0.39 is 5.91 Å². The minimum Gasteiger partial charge on any atom is -0.457 e. The number of hydrogen-bond donors (Lipinski definition) is 1. The first-order valence-electron chi connectivity index (χ1n) is 7.69. The Labute approximate surface area is 170 Å². The molecule has 0 saturated heterocycles. The summed E-state index contributed by atoms with van der Waals surface area (Å²) >= 11 is 17.7. The lowest BCUT2D eigenvalue weighted by Gasteiger charge is -2.05. The summed E-state index contributed by atoms with van der Waals surface area (Å²) in [6, 6.07) is 17.0. The molecular weight excluding hydrogens is 407 g/mol. The Morgan fingerprint density at radius 2 is 1.63 bits per heavy atom. The Morgan fingerprint density at radius 3 is 2.26 bits per heavy atom. The molecule has 0 aliphatic carbocycles. The molecule has 0 radical (unpaired) electrons. The predicted molar refractivity (Wildman–Crippen MR) is 108 cm³/mol. The monoisotopic (exact) mass is 416 g/mol. The van der Waals surface area contributed by atoms with Crippen molar-refractivity contribution in [2.24, 2.45) is 0 Å². The van der Waals surface area contributed by atoms with Crippen molar-refractivity contribution in [3.63, 3.8) is 0 Å². The lowest BCUT2D eigenvalue weighted by molar-refractivity contribution is -0.112. The molecule has 1 heterocycles. The van der Waals surface area contributed by atoms with E-state index in [-0.39, 0.29) is 5.57 Å². The highest BCUT2D eigenvalue weighted by atomic mass is 35.5. The van der Waals surface area contributed by atoms with Gasteiger partial charge in [0.05, 0.1) is 0 Å². The lowest BCUT2D eigenvalue weighted by atomic mass is 10.2. The highest BCUT2D eigenvalue weighted by Crippen LogP contribution is 2.26. The molecule has 27 heavy (non-hydrogen) atoms. The molecule has 0 saturated carbocycles. The third kappa shape index (κ3) is 4.93. The molecule has 0 unspecified atom stereocenters. The molecular formula is C20H11Cl3N2O2. The van der Waals surface area contributed by atoms with Crippen LogP contribution in [0.2, 0.25) is 15.1 Å². The van der Waals surface area contributed by atoms with Gasteiger partial charge < -0.3 is 9.73 Å². The third-order valence-corrected chi connectivity index (χ3v) is 4.22. The van der Waals surface area contributed by atoms with Crippen molar-refractivity contribution in [2.45, 2.75) is 0 Å². The van der Waals surface area contributed by atoms with Crippen LogP contribution in [0.3, 0.4) is 0 Å². The number of benzene rings is 2. The molecule has 0 spiro atoms. The van der Waals surface area contributed by atoms with Crippen molar-refractivity contribution < 1.29 is 9.21 Å². The first-order chi connectivity index (χ1) is 12.9. The number of rotatable bonds is 4. The summed E-state index contributed by atoms with van der Waals surface area (Å²) in [6.07, 6.45) is 1.36. The highest BCUT2D eigenvalue weighted by Gasteiger charge is 2.12. The van der Waals surface area contributed by atoms with Crippen molar-refractivity contribution in [1.82, 2.24) is 0 Å². The van der Waals surface area contributed by atoms with Crippen LogP contribution in [0, 0.1) is 11.3 Å². The van der Waals surface area contributed by atoms with Gasteiger partial charge in [-0.15, -0.1) is 0 Å². The van der Waals surface area contributed by atoms with E-state index in [0.29, 0.717) is 32.3 Å². The molecule has 0 atom stereocenters. The summed E-state index contributed by atoms with van der Waals surface area (Å²) in [5.41, 5.74) is 1.10. The Balaban J connectivity index is 1.80. The Morgan fingerprint density at radius 1 is 0.963 bits per heavy atom. The molecule has 1 aromatic heterocycles. The fourth-order valence-corrected chi connectivity index (χ4v) is 2.97. The second-order valence-corrected chi connectivity index (χ2v) is 6.80. The maximum Gasteiger partial charge on any atom is 0.266 e. The average Bonchev–Trinajstić information content (AvgIpc) is 3.08. The number of anilines is 1. The first kappa shape index (κ1) is 19.1. The van der Waals surface area contributed by atoms with Gasteiger partial charge in [-0.05, 0) is 54.6 Å². The lowest BCUT2D eigenvalue weighted by Crippen LogP contribution is -2.13. The van der Waals surface area contributed by atoms with Crippen molar-refractivity contribution in [2.75, 3.05) is 5.32 Å². The SMILES string of the molecule is N#C/C(=C\c1ccc(-c2ccc(Cl)cc2)o1)C(=O)Nc1cc(Cl)cc(Cl)c1. The second-order valence-electron chi connectivity index (χ2n) is 5.49. The van der Waals surface area contributed by atoms with Crippen molar-refractivity contribution in [1.29, 1.82) is 5.26 Å². The van der Waals surface area contributed by atoms with Crippen LogP contribution in [0.5, 0.6) is 0 Å². The number of nitrogens with zero attached hydrogens (tertiary/aromatic N) is 1. The van der Waals surface area contributed by atoms with Crippen LogP contribution in [0.4, 0.5) is 5.69 Å². The Hall–Kier alpha value is -2.71. The maximum atomic E-state index is 12.3. The standard InChI is InChI=1S/C20H11Cl3N2O2/c21-14-3-1-12(2-4-14)19-6-5-18(27-19)7-13(11-24)20(26)25-17-9-15(22)8-16(23)10-17/h1-10H,(H,25,26)/b13-7+. The molecule has 4 nitrogen and oxygen atoms in total. The molecule has 134 valence electrons. The molecule has 0 fully saturated rings. The van der Waals surface area contributed by atoms with Crippen LogP contribution in [0.15, 0.2) is 64.6 Å². The zero-order valence-corrected chi connectivity index (χ0v) is 15.9. The van der Waals surface area contributed by atoms with Gasteiger partial charge in [0.15, 0.2) is 0 Å². The minimum atomic E-state index is -0.597. The van der Waals surface area contributed by atoms with Gasteiger partial charge in [-0.25, -0.2) is 0 Å². The number of hydrogen-bond acceptors (Lipinski definition) is 3. The summed E-state index contributed by atoms with van der Waals surface area (Å²) in [5, 5.41) is 13.3. The number of halogens is 3. The number of amides is 1. The third-order valence-electron chi connectivity index (χ3n) is 3.53. The van der Waals surface area contributed by atoms with E-state index in [2.05, 4.69) is 5.32 Å². The van der Waals surface area contributed by atoms with E-state index in [1.165, 1.54) is 18.2 Å². The van der Waals surface area contributed by atoms with Gasteiger partial charge in [0, 0.05) is 32.4 Å². The van der Waals surface area contributed by atoms with E-state index in [0.717, 1.165) is 5.56 Å². The molecule has 0 aliphatic rings. The zero-order valence-electron chi connectivity index (χ0n) is 13.7. The van der Waals surface area contributed by atoms with Crippen LogP contribution in [-0.2, 0) is 4.79 Å². The Bertz CT molecular complexity index is 1040. The molecule has 1 amide bonds. The predicted octanol–water partition coefficient (Wildman–Crippen LogP) is 6.45. The normalized spacial score (nSPS) is 11.1. The smallest absolute Gasteiger partial charge is 0.266 e. The van der Waals surface area contributed by atoms with Gasteiger partial charge in [0.2, 0.25) is 0 Å². The van der Waals surface area contributed by atoms with Gasteiger partial charge in [-0.2, -0.15) is 5.26 Å². The largest absolute Gasteiger partial charge is 0.457 e. The number of nitrogens with one attached hydrogen (secondary N) is 1. The average molecular weight is 418 g/mol. The van der Waals surface area contributed by atoms with Gasteiger partial charge in [-0.1, -0.05) is 34.8 Å². The van der Waals surface area contributed by atoms with Crippen molar-refractivity contribution in [3.8, 4) is 17.4 Å². The van der Waals surface area contributed by atoms with E-state index in [9.17, 15) is 10.1 Å². The molecule has 1 N–H and O–H groups in total. The summed E-state index contributed by atoms with van der Waals surface area (Å²) in [4.78, 5) is 12.3. The van der Waals surface area contributed by atoms with Gasteiger partial charge in [-0.3, -0.25) is 4.79 Å². The quantitative estimate of drug-likeness (QED) is 0.392. The molecule has 3 aromatic rings. The summed E-state index contributed by atoms with van der Waals surface area (Å²) in [7, 11) is 0. The van der Waals surface area contributed by atoms with Gasteiger partial charge >= 0.3 is 0 Å². The van der Waals surface area contributed by atoms with E-state index in [4.69, 9.17) is 39.2 Å². The minimum absolute atomic E-state index is 0.122. The maximum absolute atomic E-state index is 12.3.